The number of benzene rings is 3. The number of rotatable bonds is 4. The van der Waals surface area contributed by atoms with Crippen LogP contribution in [0.15, 0.2) is 60.7 Å². The van der Waals surface area contributed by atoms with Crippen molar-refractivity contribution < 1.29 is 39.7 Å². The van der Waals surface area contributed by atoms with Crippen molar-refractivity contribution in [2.24, 2.45) is 0 Å². The van der Waals surface area contributed by atoms with E-state index in [1.54, 1.807) is 12.1 Å². The van der Waals surface area contributed by atoms with Crippen LogP contribution in [0.2, 0.25) is 5.02 Å². The van der Waals surface area contributed by atoms with Crippen LogP contribution in [0, 0.1) is 5.82 Å². The number of urea groups is 1. The lowest BCUT2D eigenvalue weighted by Crippen LogP contribution is -2.48. The van der Waals surface area contributed by atoms with Gasteiger partial charge in [0.05, 0.1) is 50.0 Å². The fourth-order valence-corrected chi connectivity index (χ4v) is 5.48. The van der Waals surface area contributed by atoms with Crippen LogP contribution in [0.5, 0.6) is 0 Å². The summed E-state index contributed by atoms with van der Waals surface area (Å²) in [5.74, 6) is -1.29. The third-order valence-corrected chi connectivity index (χ3v) is 7.45. The highest BCUT2D eigenvalue weighted by molar-refractivity contribution is 6.31. The number of aromatic nitrogens is 1. The molecule has 0 radical (unpaired) electrons. The van der Waals surface area contributed by atoms with Crippen molar-refractivity contribution in [3.8, 4) is 0 Å². The number of anilines is 2. The second-order valence-corrected chi connectivity index (χ2v) is 10.1. The molecule has 0 bridgehead atoms. The molecule has 0 saturated heterocycles. The zero-order chi connectivity index (χ0) is 31.8. The van der Waals surface area contributed by atoms with Gasteiger partial charge in [0.2, 0.25) is 5.60 Å². The SMILES string of the molecule is [2H]C1([2H])N(C(=O)Nc2cc3nc(COC)ccc3c3c2C(c2cc(F)ccc2Cl)NC3=O)c2ccccc2C1(O)C(F)(F)F. The van der Waals surface area contributed by atoms with Crippen molar-refractivity contribution >= 4 is 45.8 Å². The van der Waals surface area contributed by atoms with Crippen molar-refractivity contribution in [1.82, 2.24) is 10.3 Å². The first-order chi connectivity index (χ1) is 20.7. The van der Waals surface area contributed by atoms with E-state index >= 15 is 0 Å². The van der Waals surface area contributed by atoms with Gasteiger partial charge in [-0.1, -0.05) is 35.9 Å². The highest BCUT2D eigenvalue weighted by atomic mass is 35.5. The Balaban J connectivity index is 1.54. The van der Waals surface area contributed by atoms with Crippen molar-refractivity contribution in [3.63, 3.8) is 0 Å². The lowest BCUT2D eigenvalue weighted by atomic mass is 9.93. The fraction of sp³-hybridized carbons (Fsp3) is 0.207. The maximum absolute atomic E-state index is 14.3. The number of para-hydroxylation sites is 1. The summed E-state index contributed by atoms with van der Waals surface area (Å²) >= 11 is 6.37. The van der Waals surface area contributed by atoms with Crippen LogP contribution in [0.25, 0.3) is 10.9 Å². The maximum Gasteiger partial charge on any atom is 0.423 e. The minimum atomic E-state index is -5.51. The molecule has 3 amide bonds. The molecule has 0 aliphatic carbocycles. The van der Waals surface area contributed by atoms with Gasteiger partial charge in [-0.15, -0.1) is 0 Å². The molecule has 2 atom stereocenters. The highest BCUT2D eigenvalue weighted by Crippen LogP contribution is 2.49. The van der Waals surface area contributed by atoms with Crippen molar-refractivity contribution in [2.75, 3.05) is 23.8 Å². The van der Waals surface area contributed by atoms with Crippen LogP contribution in [0.4, 0.5) is 33.7 Å². The molecular weight excluding hydrogens is 580 g/mol. The second kappa shape index (κ2) is 9.93. The zero-order valence-electron chi connectivity index (χ0n) is 23.5. The van der Waals surface area contributed by atoms with Gasteiger partial charge in [0, 0.05) is 34.2 Å². The molecular formula is C29H21ClF4N4O4. The third kappa shape index (κ3) is 4.34. The van der Waals surface area contributed by atoms with E-state index in [9.17, 15) is 32.3 Å². The van der Waals surface area contributed by atoms with Gasteiger partial charge in [0.15, 0.2) is 0 Å². The van der Waals surface area contributed by atoms with Crippen LogP contribution in [0.1, 0.15) is 41.5 Å². The number of halogens is 5. The van der Waals surface area contributed by atoms with E-state index in [4.69, 9.17) is 19.1 Å². The Bertz CT molecular complexity index is 1880. The predicted molar refractivity (Wildman–Crippen MR) is 146 cm³/mol. The molecule has 3 aromatic carbocycles. The first-order valence-corrected chi connectivity index (χ1v) is 12.8. The van der Waals surface area contributed by atoms with Crippen LogP contribution >= 0.6 is 11.6 Å². The second-order valence-electron chi connectivity index (χ2n) is 9.69. The molecule has 0 fully saturated rings. The summed E-state index contributed by atoms with van der Waals surface area (Å²) in [6.07, 6.45) is -5.51. The number of pyridine rings is 1. The number of aliphatic hydroxyl groups is 1. The summed E-state index contributed by atoms with van der Waals surface area (Å²) in [5.41, 5.74) is -4.66. The molecule has 1 aromatic heterocycles. The zero-order valence-corrected chi connectivity index (χ0v) is 22.3. The third-order valence-electron chi connectivity index (χ3n) is 7.11. The van der Waals surface area contributed by atoms with Crippen molar-refractivity contribution in [1.29, 1.82) is 0 Å². The Labute approximate surface area is 243 Å². The number of β-amino-alcohol motifs (C(OH)–C–C–N with tert-alkyl or cyclic N) is 1. The van der Waals surface area contributed by atoms with E-state index in [0.29, 0.717) is 11.1 Å². The first-order valence-electron chi connectivity index (χ1n) is 13.4. The van der Waals surface area contributed by atoms with Crippen LogP contribution in [-0.4, -0.2) is 41.8 Å². The van der Waals surface area contributed by atoms with E-state index in [2.05, 4.69) is 15.6 Å². The highest BCUT2D eigenvalue weighted by Gasteiger charge is 2.61. The molecule has 2 aliphatic rings. The van der Waals surface area contributed by atoms with E-state index < -0.39 is 53.3 Å². The largest absolute Gasteiger partial charge is 0.423 e. The van der Waals surface area contributed by atoms with Gasteiger partial charge in [-0.2, -0.15) is 13.2 Å². The molecule has 0 spiro atoms. The average molecular weight is 603 g/mol. The normalized spacial score (nSPS) is 21.5. The predicted octanol–water partition coefficient (Wildman–Crippen LogP) is 5.81. The van der Waals surface area contributed by atoms with Gasteiger partial charge in [-0.05, 0) is 36.4 Å². The average Bonchev–Trinajstić information content (AvgIpc) is 3.39. The quantitative estimate of drug-likeness (QED) is 0.256. The number of methoxy groups -OCH3 is 1. The molecule has 3 heterocycles. The van der Waals surface area contributed by atoms with Gasteiger partial charge in [0.25, 0.3) is 5.91 Å². The Hall–Kier alpha value is -4.26. The van der Waals surface area contributed by atoms with E-state index in [-0.39, 0.29) is 44.4 Å². The summed E-state index contributed by atoms with van der Waals surface area (Å²) in [7, 11) is 1.45. The van der Waals surface area contributed by atoms with Crippen molar-refractivity contribution in [3.05, 3.63) is 99.5 Å². The number of hydrogen-bond donors (Lipinski definition) is 3. The minimum absolute atomic E-state index is 0.0382. The molecule has 2 unspecified atom stereocenters. The van der Waals surface area contributed by atoms with Gasteiger partial charge in [0.1, 0.15) is 5.82 Å². The molecule has 4 aromatic rings. The van der Waals surface area contributed by atoms with E-state index in [1.807, 2.05) is 0 Å². The smallest absolute Gasteiger partial charge is 0.378 e. The van der Waals surface area contributed by atoms with Gasteiger partial charge >= 0.3 is 12.2 Å². The molecule has 3 N–H and O–H groups in total. The molecule has 2 aliphatic heterocycles. The van der Waals surface area contributed by atoms with E-state index in [1.165, 1.54) is 31.4 Å². The summed E-state index contributed by atoms with van der Waals surface area (Å²) in [4.78, 5) is 31.9. The van der Waals surface area contributed by atoms with E-state index in [0.717, 1.165) is 24.3 Å². The fourth-order valence-electron chi connectivity index (χ4n) is 5.26. The number of alkyl halides is 3. The lowest BCUT2D eigenvalue weighted by Gasteiger charge is -2.27. The Kier molecular flexibility index (Phi) is 6.02. The minimum Gasteiger partial charge on any atom is -0.378 e. The molecule has 6 rings (SSSR count). The van der Waals surface area contributed by atoms with Gasteiger partial charge in [-0.25, -0.2) is 9.18 Å². The summed E-state index contributed by atoms with van der Waals surface area (Å²) in [5, 5.41) is 16.4. The Morgan fingerprint density at radius 1 is 1.26 bits per heavy atom. The number of nitrogens with one attached hydrogen (secondary N) is 2. The number of ether oxygens (including phenoxy) is 1. The maximum atomic E-state index is 14.3. The molecule has 13 heteroatoms. The monoisotopic (exact) mass is 602 g/mol. The number of nitrogens with zero attached hydrogens (tertiary/aromatic N) is 2. The number of hydrogen-bond acceptors (Lipinski definition) is 5. The van der Waals surface area contributed by atoms with Crippen LogP contribution in [0.3, 0.4) is 0 Å². The topological polar surface area (TPSA) is 104 Å². The van der Waals surface area contributed by atoms with Crippen LogP contribution < -0.4 is 15.5 Å². The number of amides is 3. The number of carbonyl (C=O) groups excluding carboxylic acids is 2. The summed E-state index contributed by atoms with van der Waals surface area (Å²) in [6.45, 7) is -3.61. The molecule has 0 saturated carbocycles. The lowest BCUT2D eigenvalue weighted by molar-refractivity contribution is -0.258. The Morgan fingerprint density at radius 2 is 2.02 bits per heavy atom. The first kappa shape index (κ1) is 25.5. The summed E-state index contributed by atoms with van der Waals surface area (Å²) in [6, 6.07) is 9.99. The molecule has 42 heavy (non-hydrogen) atoms. The van der Waals surface area contributed by atoms with Crippen molar-refractivity contribution in [2.45, 2.75) is 24.4 Å². The molecule has 216 valence electrons. The van der Waals surface area contributed by atoms with Gasteiger partial charge in [-0.3, -0.25) is 14.7 Å². The van der Waals surface area contributed by atoms with Crippen LogP contribution in [-0.2, 0) is 16.9 Å². The number of carbonyl (C=O) groups is 2. The van der Waals surface area contributed by atoms with Gasteiger partial charge < -0.3 is 20.5 Å². The number of fused-ring (bicyclic) bond motifs is 4. The summed E-state index contributed by atoms with van der Waals surface area (Å²) < 4.78 is 78.9. The standard InChI is InChI=1S/C29H21ClF4N4O4/c1-42-12-15-7-8-16-20(35-15)11-21(24-23(16)26(39)37-25(24)17-10-14(31)6-9-19(17)30)36-27(40)38-13-28(41,29(32,33)34)18-4-2-3-5-22(18)38/h2-11,25,41H,12-13H2,1H3,(H,36,40)(H,37,39)/i13D2. The Morgan fingerprint density at radius 3 is 2.76 bits per heavy atom. The molecule has 8 nitrogen and oxygen atoms in total.